The number of hydrogen-bond acceptors (Lipinski definition) is 4. The number of rotatable bonds is 11. The Morgan fingerprint density at radius 1 is 0.884 bits per heavy atom. The van der Waals surface area contributed by atoms with Crippen LogP contribution in [-0.4, -0.2) is 44.3 Å². The summed E-state index contributed by atoms with van der Waals surface area (Å²) in [7, 11) is -4.64. The number of halogens is 6. The van der Waals surface area contributed by atoms with Crippen molar-refractivity contribution in [1.29, 1.82) is 0 Å². The molecule has 0 radical (unpaired) electrons. The third kappa shape index (κ3) is 8.56. The van der Waals surface area contributed by atoms with Crippen LogP contribution in [0.2, 0.25) is 15.1 Å². The highest BCUT2D eigenvalue weighted by molar-refractivity contribution is 7.92. The van der Waals surface area contributed by atoms with Crippen LogP contribution in [-0.2, 0) is 32.3 Å². The molecule has 1 unspecified atom stereocenters. The highest BCUT2D eigenvalue weighted by Gasteiger charge is 2.36. The number of sulfonamides is 1. The zero-order valence-electron chi connectivity index (χ0n) is 23.3. The van der Waals surface area contributed by atoms with E-state index < -0.39 is 51.9 Å². The molecule has 43 heavy (non-hydrogen) atoms. The minimum atomic E-state index is -4.83. The predicted octanol–water partition coefficient (Wildman–Crippen LogP) is 7.05. The van der Waals surface area contributed by atoms with Gasteiger partial charge in [-0.2, -0.15) is 13.2 Å². The van der Waals surface area contributed by atoms with Crippen LogP contribution >= 0.6 is 34.8 Å². The molecule has 0 aliphatic rings. The van der Waals surface area contributed by atoms with Gasteiger partial charge in [0, 0.05) is 28.7 Å². The summed E-state index contributed by atoms with van der Waals surface area (Å²) in [5.41, 5.74) is -1.45. The summed E-state index contributed by atoms with van der Waals surface area (Å²) in [5, 5.41) is 2.77. The molecular formula is C29H29Cl3F3N3O4S. The van der Waals surface area contributed by atoms with E-state index in [1.54, 1.807) is 12.1 Å². The van der Waals surface area contributed by atoms with Crippen molar-refractivity contribution in [2.24, 2.45) is 5.92 Å². The zero-order chi connectivity index (χ0) is 32.1. The van der Waals surface area contributed by atoms with Crippen LogP contribution in [0.15, 0.2) is 71.6 Å². The van der Waals surface area contributed by atoms with Crippen LogP contribution in [0.3, 0.4) is 0 Å². The molecule has 2 amide bonds. The molecule has 3 aromatic rings. The Morgan fingerprint density at radius 2 is 1.49 bits per heavy atom. The number of anilines is 1. The van der Waals surface area contributed by atoms with Gasteiger partial charge in [-0.05, 0) is 55.3 Å². The molecule has 0 bridgehead atoms. The van der Waals surface area contributed by atoms with E-state index in [4.69, 9.17) is 34.8 Å². The number of hydrogen-bond donors (Lipinski definition) is 1. The third-order valence-corrected chi connectivity index (χ3v) is 9.20. The lowest BCUT2D eigenvalue weighted by atomic mass is 10.1. The first-order valence-electron chi connectivity index (χ1n) is 13.0. The van der Waals surface area contributed by atoms with Crippen LogP contribution in [0.1, 0.15) is 31.9 Å². The van der Waals surface area contributed by atoms with Gasteiger partial charge in [-0.15, -0.1) is 0 Å². The fourth-order valence-electron chi connectivity index (χ4n) is 4.00. The van der Waals surface area contributed by atoms with Gasteiger partial charge in [0.1, 0.15) is 12.6 Å². The molecule has 7 nitrogen and oxygen atoms in total. The molecule has 0 spiro atoms. The summed E-state index contributed by atoms with van der Waals surface area (Å²) in [4.78, 5) is 27.9. The third-order valence-electron chi connectivity index (χ3n) is 6.39. The van der Waals surface area contributed by atoms with Crippen molar-refractivity contribution in [3.8, 4) is 0 Å². The first-order chi connectivity index (χ1) is 20.0. The number of amides is 2. The Kier molecular flexibility index (Phi) is 11.4. The summed E-state index contributed by atoms with van der Waals surface area (Å²) in [6.07, 6.45) is -4.83. The Morgan fingerprint density at radius 3 is 2.05 bits per heavy atom. The standard InChI is InChI=1S/C29H29Cl3F3N3O4S/c1-18(2)15-36-28(40)19(3)37(16-22-23(30)10-7-11-24(22)31)27(39)17-38(43(41,42)21-8-5-4-6-9-21)26-14-20(29(33,34)35)12-13-25(26)32/h4-14,18-19H,15-17H2,1-3H3,(H,36,40). The molecule has 1 N–H and O–H groups in total. The van der Waals surface area contributed by atoms with Gasteiger partial charge in [-0.25, -0.2) is 8.42 Å². The maximum atomic E-state index is 14.0. The van der Waals surface area contributed by atoms with Gasteiger partial charge < -0.3 is 10.2 Å². The van der Waals surface area contributed by atoms with Gasteiger partial charge in [0.2, 0.25) is 11.8 Å². The summed E-state index contributed by atoms with van der Waals surface area (Å²) < 4.78 is 69.2. The molecule has 0 saturated heterocycles. The Labute approximate surface area is 263 Å². The number of carbonyl (C=O) groups excluding carboxylic acids is 2. The molecule has 3 rings (SSSR count). The fraction of sp³-hybridized carbons (Fsp3) is 0.310. The average molecular weight is 679 g/mol. The topological polar surface area (TPSA) is 86.8 Å². The van der Waals surface area contributed by atoms with Crippen molar-refractivity contribution in [2.45, 2.75) is 44.4 Å². The van der Waals surface area contributed by atoms with Crippen LogP contribution in [0, 0.1) is 5.92 Å². The van der Waals surface area contributed by atoms with Gasteiger partial charge in [0.15, 0.2) is 0 Å². The second-order valence-electron chi connectivity index (χ2n) is 10.0. The average Bonchev–Trinajstić information content (AvgIpc) is 2.94. The Hall–Kier alpha value is -2.99. The Bertz CT molecular complexity index is 1550. The van der Waals surface area contributed by atoms with E-state index in [1.807, 2.05) is 13.8 Å². The zero-order valence-corrected chi connectivity index (χ0v) is 26.4. The number of carbonyl (C=O) groups is 2. The summed E-state index contributed by atoms with van der Waals surface area (Å²) in [6.45, 7) is 4.19. The van der Waals surface area contributed by atoms with Crippen molar-refractivity contribution in [3.63, 3.8) is 0 Å². The van der Waals surface area contributed by atoms with E-state index in [0.717, 1.165) is 11.0 Å². The van der Waals surface area contributed by atoms with Gasteiger partial charge >= 0.3 is 6.18 Å². The highest BCUT2D eigenvalue weighted by Crippen LogP contribution is 2.37. The van der Waals surface area contributed by atoms with E-state index in [9.17, 15) is 31.2 Å². The van der Waals surface area contributed by atoms with Crippen LogP contribution in [0.5, 0.6) is 0 Å². The minimum absolute atomic E-state index is 0.0906. The van der Waals surface area contributed by atoms with Gasteiger partial charge in [-0.1, -0.05) is 72.9 Å². The van der Waals surface area contributed by atoms with Gasteiger partial charge in [0.25, 0.3) is 10.0 Å². The number of alkyl halides is 3. The molecule has 0 fully saturated rings. The molecule has 0 aliphatic carbocycles. The molecule has 0 saturated carbocycles. The molecule has 1 atom stereocenters. The summed E-state index contributed by atoms with van der Waals surface area (Å²) in [5.74, 6) is -1.37. The fourth-order valence-corrected chi connectivity index (χ4v) is 6.23. The normalized spacial score (nSPS) is 12.6. The second kappa shape index (κ2) is 14.2. The number of nitrogens with one attached hydrogen (secondary N) is 1. The maximum absolute atomic E-state index is 14.0. The van der Waals surface area contributed by atoms with E-state index in [1.165, 1.54) is 43.3 Å². The first-order valence-corrected chi connectivity index (χ1v) is 15.6. The van der Waals surface area contributed by atoms with E-state index in [0.29, 0.717) is 23.0 Å². The van der Waals surface area contributed by atoms with Crippen molar-refractivity contribution in [1.82, 2.24) is 10.2 Å². The number of benzene rings is 3. The minimum Gasteiger partial charge on any atom is -0.354 e. The smallest absolute Gasteiger partial charge is 0.354 e. The number of nitrogens with zero attached hydrogens (tertiary/aromatic N) is 2. The van der Waals surface area contributed by atoms with Gasteiger partial charge in [-0.3, -0.25) is 13.9 Å². The molecule has 0 aromatic heterocycles. The molecule has 3 aromatic carbocycles. The molecule has 0 heterocycles. The van der Waals surface area contributed by atoms with E-state index >= 15 is 0 Å². The Balaban J connectivity index is 2.14. The molecule has 232 valence electrons. The molecule has 0 aliphatic heterocycles. The van der Waals surface area contributed by atoms with Crippen molar-refractivity contribution in [3.05, 3.63) is 92.9 Å². The van der Waals surface area contributed by atoms with Crippen LogP contribution in [0.25, 0.3) is 0 Å². The SMILES string of the molecule is CC(C)CNC(=O)C(C)N(Cc1c(Cl)cccc1Cl)C(=O)CN(c1cc(C(F)(F)F)ccc1Cl)S(=O)(=O)c1ccccc1. The highest BCUT2D eigenvalue weighted by atomic mass is 35.5. The van der Waals surface area contributed by atoms with Crippen molar-refractivity contribution < 1.29 is 31.2 Å². The summed E-state index contributed by atoms with van der Waals surface area (Å²) >= 11 is 18.9. The predicted molar refractivity (Wildman–Crippen MR) is 162 cm³/mol. The lowest BCUT2D eigenvalue weighted by Crippen LogP contribution is -2.51. The summed E-state index contributed by atoms with van der Waals surface area (Å²) in [6, 6.07) is 12.5. The molecular weight excluding hydrogens is 650 g/mol. The van der Waals surface area contributed by atoms with Crippen LogP contribution < -0.4 is 9.62 Å². The lowest BCUT2D eigenvalue weighted by Gasteiger charge is -2.33. The first kappa shape index (κ1) is 34.5. The van der Waals surface area contributed by atoms with Crippen molar-refractivity contribution >= 4 is 62.3 Å². The maximum Gasteiger partial charge on any atom is 0.416 e. The van der Waals surface area contributed by atoms with Gasteiger partial charge in [0.05, 0.1) is 21.2 Å². The van der Waals surface area contributed by atoms with Crippen LogP contribution in [0.4, 0.5) is 18.9 Å². The largest absolute Gasteiger partial charge is 0.416 e. The molecule has 14 heteroatoms. The van der Waals surface area contributed by atoms with E-state index in [2.05, 4.69) is 5.32 Å². The lowest BCUT2D eigenvalue weighted by molar-refractivity contribution is -0.139. The van der Waals surface area contributed by atoms with E-state index in [-0.39, 0.29) is 38.0 Å². The second-order valence-corrected chi connectivity index (χ2v) is 13.1. The monoisotopic (exact) mass is 677 g/mol. The quantitative estimate of drug-likeness (QED) is 0.236. The van der Waals surface area contributed by atoms with Crippen molar-refractivity contribution in [2.75, 3.05) is 17.4 Å².